The van der Waals surface area contributed by atoms with Crippen molar-refractivity contribution < 1.29 is 17.9 Å². The zero-order valence-electron chi connectivity index (χ0n) is 15.4. The van der Waals surface area contributed by atoms with Crippen molar-refractivity contribution in [3.8, 4) is 22.8 Å². The third-order valence-corrected chi connectivity index (χ3v) is 6.33. The van der Waals surface area contributed by atoms with Crippen LogP contribution in [0.5, 0.6) is 11.5 Å². The molecule has 6 nitrogen and oxygen atoms in total. The minimum atomic E-state index is -3.82. The van der Waals surface area contributed by atoms with E-state index in [4.69, 9.17) is 9.47 Å². The first-order chi connectivity index (χ1) is 12.8. The van der Waals surface area contributed by atoms with Crippen molar-refractivity contribution in [2.24, 2.45) is 0 Å². The van der Waals surface area contributed by atoms with Crippen molar-refractivity contribution in [2.45, 2.75) is 18.7 Å². The predicted octanol–water partition coefficient (Wildman–Crippen LogP) is 4.24. The lowest BCUT2D eigenvalue weighted by Gasteiger charge is -2.14. The van der Waals surface area contributed by atoms with Gasteiger partial charge in [0.05, 0.1) is 35.5 Å². The number of hydrogen-bond donors (Lipinski definition) is 1. The van der Waals surface area contributed by atoms with E-state index in [0.717, 1.165) is 16.3 Å². The quantitative estimate of drug-likeness (QED) is 0.665. The van der Waals surface area contributed by atoms with Gasteiger partial charge in [0.1, 0.15) is 11.5 Å². The number of anilines is 1. The molecule has 1 aromatic heterocycles. The summed E-state index contributed by atoms with van der Waals surface area (Å²) in [6, 6.07) is 10.2. The van der Waals surface area contributed by atoms with E-state index in [1.54, 1.807) is 37.3 Å². The molecule has 0 saturated carbocycles. The van der Waals surface area contributed by atoms with E-state index in [0.29, 0.717) is 22.7 Å². The Hall–Kier alpha value is -2.58. The van der Waals surface area contributed by atoms with Crippen LogP contribution in [0.2, 0.25) is 0 Å². The van der Waals surface area contributed by atoms with Gasteiger partial charge in [-0.3, -0.25) is 4.72 Å². The minimum absolute atomic E-state index is 0.198. The van der Waals surface area contributed by atoms with Gasteiger partial charge in [-0.1, -0.05) is 12.1 Å². The Balaban J connectivity index is 2.00. The smallest absolute Gasteiger partial charge is 0.262 e. The Morgan fingerprint density at radius 1 is 1.04 bits per heavy atom. The summed E-state index contributed by atoms with van der Waals surface area (Å²) < 4.78 is 39.1. The van der Waals surface area contributed by atoms with Crippen molar-refractivity contribution in [3.05, 3.63) is 52.3 Å². The first-order valence-corrected chi connectivity index (χ1v) is 10.5. The van der Waals surface area contributed by atoms with Crippen LogP contribution in [0, 0.1) is 13.8 Å². The molecule has 142 valence electrons. The van der Waals surface area contributed by atoms with Crippen LogP contribution in [0.25, 0.3) is 11.3 Å². The van der Waals surface area contributed by atoms with Crippen molar-refractivity contribution in [3.63, 3.8) is 0 Å². The molecule has 0 unspecified atom stereocenters. The lowest BCUT2D eigenvalue weighted by molar-refractivity contribution is 0.395. The van der Waals surface area contributed by atoms with Crippen LogP contribution in [0.4, 0.5) is 5.69 Å². The van der Waals surface area contributed by atoms with Gasteiger partial charge in [0.2, 0.25) is 0 Å². The molecule has 0 amide bonds. The van der Waals surface area contributed by atoms with Crippen LogP contribution in [0.3, 0.4) is 0 Å². The number of hydrogen-bond acceptors (Lipinski definition) is 6. The van der Waals surface area contributed by atoms with Crippen LogP contribution in [0.15, 0.2) is 46.7 Å². The van der Waals surface area contributed by atoms with Gasteiger partial charge in [-0.15, -0.1) is 11.3 Å². The predicted molar refractivity (Wildman–Crippen MR) is 107 cm³/mol. The number of ether oxygens (including phenoxy) is 2. The fourth-order valence-electron chi connectivity index (χ4n) is 2.63. The molecule has 0 atom stereocenters. The number of sulfonamides is 1. The maximum atomic E-state index is 13.0. The molecule has 1 heterocycles. The van der Waals surface area contributed by atoms with E-state index in [-0.39, 0.29) is 4.90 Å². The van der Waals surface area contributed by atoms with Gasteiger partial charge in [-0.05, 0) is 37.6 Å². The SMILES string of the molecule is COc1ccc(NS(=O)(=O)c2cc(-c3csc(C)n3)ccc2C)c(OC)c1. The van der Waals surface area contributed by atoms with Gasteiger partial charge in [0, 0.05) is 17.0 Å². The van der Waals surface area contributed by atoms with Gasteiger partial charge in [-0.2, -0.15) is 0 Å². The zero-order chi connectivity index (χ0) is 19.6. The molecule has 27 heavy (non-hydrogen) atoms. The zero-order valence-corrected chi connectivity index (χ0v) is 17.1. The highest BCUT2D eigenvalue weighted by molar-refractivity contribution is 7.92. The molecule has 8 heteroatoms. The maximum Gasteiger partial charge on any atom is 0.262 e. The second-order valence-electron chi connectivity index (χ2n) is 5.90. The molecule has 3 aromatic rings. The average Bonchev–Trinajstić information content (AvgIpc) is 3.08. The summed E-state index contributed by atoms with van der Waals surface area (Å²) in [5.74, 6) is 0.953. The van der Waals surface area contributed by atoms with Crippen LogP contribution < -0.4 is 14.2 Å². The first-order valence-electron chi connectivity index (χ1n) is 8.12. The number of thiazole rings is 1. The standard InChI is InChI=1S/C19H20N2O4S2/c1-12-5-6-14(17-11-26-13(2)20-17)9-19(12)27(22,23)21-16-8-7-15(24-3)10-18(16)25-4/h5-11,21H,1-4H3. The summed E-state index contributed by atoms with van der Waals surface area (Å²) in [5, 5.41) is 2.84. The fourth-order valence-corrected chi connectivity index (χ4v) is 4.59. The number of nitrogens with one attached hydrogen (secondary N) is 1. The fraction of sp³-hybridized carbons (Fsp3) is 0.211. The third-order valence-electron chi connectivity index (χ3n) is 4.05. The third kappa shape index (κ3) is 4.06. The Bertz CT molecular complexity index is 1080. The Morgan fingerprint density at radius 3 is 2.44 bits per heavy atom. The topological polar surface area (TPSA) is 77.5 Å². The second-order valence-corrected chi connectivity index (χ2v) is 8.62. The number of benzene rings is 2. The highest BCUT2D eigenvalue weighted by Crippen LogP contribution is 2.32. The van der Waals surface area contributed by atoms with E-state index in [9.17, 15) is 8.42 Å². The molecule has 1 N–H and O–H groups in total. The molecule has 0 spiro atoms. The lowest BCUT2D eigenvalue weighted by Crippen LogP contribution is -2.15. The molecule has 0 bridgehead atoms. The van der Waals surface area contributed by atoms with E-state index < -0.39 is 10.0 Å². The van der Waals surface area contributed by atoms with Crippen LogP contribution >= 0.6 is 11.3 Å². The van der Waals surface area contributed by atoms with E-state index in [1.165, 1.54) is 25.6 Å². The molecule has 0 radical (unpaired) electrons. The minimum Gasteiger partial charge on any atom is -0.497 e. The van der Waals surface area contributed by atoms with E-state index in [1.807, 2.05) is 18.4 Å². The van der Waals surface area contributed by atoms with E-state index >= 15 is 0 Å². The monoisotopic (exact) mass is 404 g/mol. The summed E-state index contributed by atoms with van der Waals surface area (Å²) >= 11 is 1.52. The Morgan fingerprint density at radius 2 is 1.81 bits per heavy atom. The lowest BCUT2D eigenvalue weighted by atomic mass is 10.1. The van der Waals surface area contributed by atoms with Crippen molar-refractivity contribution in [2.75, 3.05) is 18.9 Å². The Kier molecular flexibility index (Phi) is 5.38. The number of nitrogens with zero attached hydrogens (tertiary/aromatic N) is 1. The largest absolute Gasteiger partial charge is 0.497 e. The summed E-state index contributed by atoms with van der Waals surface area (Å²) in [6.45, 7) is 3.67. The highest BCUT2D eigenvalue weighted by Gasteiger charge is 2.20. The summed E-state index contributed by atoms with van der Waals surface area (Å²) in [4.78, 5) is 4.63. The number of aromatic nitrogens is 1. The normalized spacial score (nSPS) is 11.3. The summed E-state index contributed by atoms with van der Waals surface area (Å²) in [6.07, 6.45) is 0. The molecule has 2 aromatic carbocycles. The van der Waals surface area contributed by atoms with Gasteiger partial charge < -0.3 is 9.47 Å². The van der Waals surface area contributed by atoms with Crippen LogP contribution in [-0.2, 0) is 10.0 Å². The molecular weight excluding hydrogens is 384 g/mol. The average molecular weight is 405 g/mol. The van der Waals surface area contributed by atoms with Crippen LogP contribution in [-0.4, -0.2) is 27.6 Å². The molecular formula is C19H20N2O4S2. The Labute approximate surface area is 162 Å². The molecule has 3 rings (SSSR count). The summed E-state index contributed by atoms with van der Waals surface area (Å²) in [5.41, 5.74) is 2.50. The van der Waals surface area contributed by atoms with E-state index in [2.05, 4.69) is 9.71 Å². The highest BCUT2D eigenvalue weighted by atomic mass is 32.2. The van der Waals surface area contributed by atoms with Crippen molar-refractivity contribution in [1.82, 2.24) is 4.98 Å². The maximum absolute atomic E-state index is 13.0. The molecule has 0 saturated heterocycles. The number of methoxy groups -OCH3 is 2. The van der Waals surface area contributed by atoms with Gasteiger partial charge in [0.25, 0.3) is 10.0 Å². The van der Waals surface area contributed by atoms with Crippen molar-refractivity contribution >= 4 is 27.0 Å². The van der Waals surface area contributed by atoms with Crippen LogP contribution in [0.1, 0.15) is 10.6 Å². The van der Waals surface area contributed by atoms with Gasteiger partial charge >= 0.3 is 0 Å². The van der Waals surface area contributed by atoms with Gasteiger partial charge in [-0.25, -0.2) is 13.4 Å². The molecule has 0 aliphatic heterocycles. The molecule has 0 fully saturated rings. The van der Waals surface area contributed by atoms with Gasteiger partial charge in [0.15, 0.2) is 0 Å². The van der Waals surface area contributed by atoms with Crippen molar-refractivity contribution in [1.29, 1.82) is 0 Å². The number of rotatable bonds is 6. The second kappa shape index (κ2) is 7.58. The molecule has 0 aliphatic carbocycles. The summed E-state index contributed by atoms with van der Waals surface area (Å²) in [7, 11) is -0.804. The number of aryl methyl sites for hydroxylation is 2. The molecule has 0 aliphatic rings. The first kappa shape index (κ1) is 19.2.